The van der Waals surface area contributed by atoms with Crippen LogP contribution >= 0.6 is 0 Å². The van der Waals surface area contributed by atoms with Gasteiger partial charge >= 0.3 is 5.97 Å². The molecule has 1 aliphatic rings. The molecular weight excluding hydrogens is 342 g/mol. The van der Waals surface area contributed by atoms with Crippen LogP contribution in [0.4, 0.5) is 0 Å². The average molecular weight is 378 g/mol. The Morgan fingerprint density at radius 2 is 2.07 bits per heavy atom. The second-order valence-electron chi connectivity index (χ2n) is 7.20. The summed E-state index contributed by atoms with van der Waals surface area (Å²) in [7, 11) is 1.41. The van der Waals surface area contributed by atoms with E-state index >= 15 is 0 Å². The molecule has 0 radical (unpaired) electrons. The van der Waals surface area contributed by atoms with Crippen LogP contribution in [-0.4, -0.2) is 47.7 Å². The Morgan fingerprint density at radius 3 is 2.78 bits per heavy atom. The molecule has 0 aliphatic carbocycles. The number of aliphatic hydroxyl groups is 1. The van der Waals surface area contributed by atoms with Gasteiger partial charge in [-0.3, -0.25) is 9.59 Å². The molecule has 1 saturated heterocycles. The maximum absolute atomic E-state index is 12.1. The first-order valence-electron chi connectivity index (χ1n) is 10.2. The number of esters is 1. The molecule has 27 heavy (non-hydrogen) atoms. The fourth-order valence-electron chi connectivity index (χ4n) is 3.16. The number of hydrogen-bond acceptors (Lipinski definition) is 4. The predicted octanol–water partition coefficient (Wildman–Crippen LogP) is 3.46. The Balaban J connectivity index is 2.37. The van der Waals surface area contributed by atoms with E-state index in [4.69, 9.17) is 0 Å². The van der Waals surface area contributed by atoms with Crippen molar-refractivity contribution in [1.29, 1.82) is 0 Å². The highest BCUT2D eigenvalue weighted by Gasteiger charge is 2.28. The van der Waals surface area contributed by atoms with Crippen LogP contribution in [0.3, 0.4) is 0 Å². The first-order chi connectivity index (χ1) is 13.0. The lowest BCUT2D eigenvalue weighted by atomic mass is 10.00. The Hall–Kier alpha value is -1.80. The van der Waals surface area contributed by atoms with Gasteiger partial charge in [-0.1, -0.05) is 38.8 Å². The minimum Gasteiger partial charge on any atom is -0.469 e. The van der Waals surface area contributed by atoms with E-state index in [0.717, 1.165) is 45.1 Å². The van der Waals surface area contributed by atoms with Gasteiger partial charge in [0.15, 0.2) is 0 Å². The fraction of sp³-hybridized carbons (Fsp3) is 0.727. The quantitative estimate of drug-likeness (QED) is 0.259. The normalized spacial score (nSPS) is 19.0. The van der Waals surface area contributed by atoms with E-state index in [1.807, 2.05) is 30.9 Å². The standard InChI is InChI=1S/C22H35NO4/c1-4-5-8-11-18(2)20(24)15-13-19-14-16-21(25)23(19)17-10-7-6-9-12-22(26)27-3/h13,15,18-20,24H,4,6-7,9-12,14,16-17H2,1-3H3/t18?,19-,20?/m0/s1. The first kappa shape index (κ1) is 23.2. The van der Waals surface area contributed by atoms with E-state index in [1.54, 1.807) is 0 Å². The maximum Gasteiger partial charge on any atom is 0.305 e. The van der Waals surface area contributed by atoms with E-state index in [0.29, 0.717) is 19.3 Å². The summed E-state index contributed by atoms with van der Waals surface area (Å²) in [4.78, 5) is 25.1. The number of likely N-dealkylation sites (tertiary alicyclic amines) is 1. The monoisotopic (exact) mass is 377 g/mol. The number of hydrogen-bond donors (Lipinski definition) is 1. The molecule has 5 nitrogen and oxygen atoms in total. The SMILES string of the molecule is CCC#CCC(C)C(O)C=C[C@H]1CCC(=O)N1CCCCCCC(=O)OC. The highest BCUT2D eigenvalue weighted by molar-refractivity contribution is 5.79. The van der Waals surface area contributed by atoms with Gasteiger partial charge in [0.2, 0.25) is 5.91 Å². The van der Waals surface area contributed by atoms with Crippen LogP contribution in [0.1, 0.15) is 71.6 Å². The minimum absolute atomic E-state index is 0.0798. The van der Waals surface area contributed by atoms with Gasteiger partial charge in [0, 0.05) is 32.2 Å². The number of aliphatic hydroxyl groups excluding tert-OH is 1. The van der Waals surface area contributed by atoms with Crippen molar-refractivity contribution in [1.82, 2.24) is 4.90 Å². The van der Waals surface area contributed by atoms with E-state index in [1.165, 1.54) is 7.11 Å². The van der Waals surface area contributed by atoms with Gasteiger partial charge in [-0.2, -0.15) is 0 Å². The third-order valence-electron chi connectivity index (χ3n) is 4.97. The molecule has 1 aliphatic heterocycles. The Morgan fingerprint density at radius 1 is 1.33 bits per heavy atom. The summed E-state index contributed by atoms with van der Waals surface area (Å²) in [5.74, 6) is 6.22. The van der Waals surface area contributed by atoms with Crippen LogP contribution in [0.5, 0.6) is 0 Å². The molecule has 0 spiro atoms. The molecule has 5 heteroatoms. The number of methoxy groups -OCH3 is 1. The molecule has 1 rings (SSSR count). The van der Waals surface area contributed by atoms with Crippen molar-refractivity contribution in [2.75, 3.05) is 13.7 Å². The Bertz CT molecular complexity index is 546. The van der Waals surface area contributed by atoms with Gasteiger partial charge in [0.05, 0.1) is 19.3 Å². The van der Waals surface area contributed by atoms with Gasteiger partial charge in [-0.15, -0.1) is 11.8 Å². The Labute approximate surface area is 164 Å². The average Bonchev–Trinajstić information content (AvgIpc) is 3.02. The number of ether oxygens (including phenoxy) is 1. The number of amides is 1. The van der Waals surface area contributed by atoms with Crippen molar-refractivity contribution in [2.24, 2.45) is 5.92 Å². The minimum atomic E-state index is -0.535. The van der Waals surface area contributed by atoms with Crippen molar-refractivity contribution in [3.05, 3.63) is 12.2 Å². The van der Waals surface area contributed by atoms with Crippen LogP contribution < -0.4 is 0 Å². The molecule has 3 atom stereocenters. The number of carbonyl (C=O) groups excluding carboxylic acids is 2. The molecule has 1 N–H and O–H groups in total. The topological polar surface area (TPSA) is 66.8 Å². The summed E-state index contributed by atoms with van der Waals surface area (Å²) in [5.41, 5.74) is 0. The summed E-state index contributed by atoms with van der Waals surface area (Å²) in [6.07, 6.45) is 10.4. The molecule has 0 saturated carbocycles. The van der Waals surface area contributed by atoms with Gasteiger partial charge in [-0.25, -0.2) is 0 Å². The molecule has 1 heterocycles. The number of carbonyl (C=O) groups is 2. The summed E-state index contributed by atoms with van der Waals surface area (Å²) < 4.78 is 4.63. The van der Waals surface area contributed by atoms with Gasteiger partial charge in [0.25, 0.3) is 0 Å². The van der Waals surface area contributed by atoms with Crippen molar-refractivity contribution in [2.45, 2.75) is 83.8 Å². The zero-order valence-electron chi connectivity index (χ0n) is 17.1. The van der Waals surface area contributed by atoms with E-state index < -0.39 is 6.10 Å². The lowest BCUT2D eigenvalue weighted by Crippen LogP contribution is -2.33. The molecule has 1 amide bonds. The van der Waals surface area contributed by atoms with E-state index in [9.17, 15) is 14.7 Å². The van der Waals surface area contributed by atoms with Crippen LogP contribution in [0.25, 0.3) is 0 Å². The molecule has 2 unspecified atom stereocenters. The maximum atomic E-state index is 12.1. The van der Waals surface area contributed by atoms with E-state index in [2.05, 4.69) is 16.6 Å². The highest BCUT2D eigenvalue weighted by Crippen LogP contribution is 2.22. The molecular formula is C22H35NO4. The van der Waals surface area contributed by atoms with E-state index in [-0.39, 0.29) is 23.8 Å². The zero-order valence-corrected chi connectivity index (χ0v) is 17.1. The third-order valence-corrected chi connectivity index (χ3v) is 4.97. The number of rotatable bonds is 11. The van der Waals surface area contributed by atoms with Crippen molar-refractivity contribution in [3.63, 3.8) is 0 Å². The van der Waals surface area contributed by atoms with Crippen LogP contribution in [0, 0.1) is 17.8 Å². The van der Waals surface area contributed by atoms with Crippen molar-refractivity contribution >= 4 is 11.9 Å². The molecule has 0 aromatic rings. The largest absolute Gasteiger partial charge is 0.469 e. The highest BCUT2D eigenvalue weighted by atomic mass is 16.5. The smallest absolute Gasteiger partial charge is 0.305 e. The van der Waals surface area contributed by atoms with Gasteiger partial charge in [0.1, 0.15) is 0 Å². The Kier molecular flexibility index (Phi) is 11.5. The second kappa shape index (κ2) is 13.4. The zero-order chi connectivity index (χ0) is 20.1. The lowest BCUT2D eigenvalue weighted by Gasteiger charge is -2.23. The molecule has 152 valence electrons. The molecule has 0 bridgehead atoms. The summed E-state index contributed by atoms with van der Waals surface area (Å²) in [5, 5.41) is 10.3. The van der Waals surface area contributed by atoms with Crippen LogP contribution in [-0.2, 0) is 14.3 Å². The van der Waals surface area contributed by atoms with Crippen molar-refractivity contribution in [3.8, 4) is 11.8 Å². The predicted molar refractivity (Wildman–Crippen MR) is 107 cm³/mol. The number of nitrogens with zero attached hydrogens (tertiary/aromatic N) is 1. The molecule has 0 aromatic heterocycles. The van der Waals surface area contributed by atoms with Crippen LogP contribution in [0.15, 0.2) is 12.2 Å². The molecule has 0 aromatic carbocycles. The summed E-state index contributed by atoms with van der Waals surface area (Å²) in [6, 6.07) is 0.0798. The lowest BCUT2D eigenvalue weighted by molar-refractivity contribution is -0.140. The fourth-order valence-corrected chi connectivity index (χ4v) is 3.16. The van der Waals surface area contributed by atoms with Crippen molar-refractivity contribution < 1.29 is 19.4 Å². The second-order valence-corrected chi connectivity index (χ2v) is 7.20. The third kappa shape index (κ3) is 9.10. The first-order valence-corrected chi connectivity index (χ1v) is 10.2. The molecule has 1 fully saturated rings. The van der Waals surface area contributed by atoms with Gasteiger partial charge in [-0.05, 0) is 25.2 Å². The van der Waals surface area contributed by atoms with Crippen LogP contribution in [0.2, 0.25) is 0 Å². The summed E-state index contributed by atoms with van der Waals surface area (Å²) in [6.45, 7) is 4.74. The number of unbranched alkanes of at least 4 members (excludes halogenated alkanes) is 3. The summed E-state index contributed by atoms with van der Waals surface area (Å²) >= 11 is 0. The van der Waals surface area contributed by atoms with Gasteiger partial charge < -0.3 is 14.7 Å².